The number of hydrogen-bond donors (Lipinski definition) is 3. The van der Waals surface area contributed by atoms with E-state index in [1.54, 1.807) is 0 Å². The molecule has 0 aliphatic rings. The molecule has 0 radical (unpaired) electrons. The minimum Gasteiger partial charge on any atom is -0.508 e. The van der Waals surface area contributed by atoms with Gasteiger partial charge in [0.25, 0.3) is 0 Å². The first-order valence-electron chi connectivity index (χ1n) is 5.39. The molecule has 0 spiro atoms. The molecule has 0 fully saturated rings. The SMILES string of the molecule is CCC(C)[C@H](O)[C@H](N)c1cc(F)ccc1O. The molecular formula is C12H18FNO2. The predicted molar refractivity (Wildman–Crippen MR) is 60.5 cm³/mol. The van der Waals surface area contributed by atoms with Crippen LogP contribution in [-0.2, 0) is 0 Å². The van der Waals surface area contributed by atoms with Gasteiger partial charge in [0.05, 0.1) is 12.1 Å². The van der Waals surface area contributed by atoms with Crippen molar-refractivity contribution >= 4 is 0 Å². The van der Waals surface area contributed by atoms with Gasteiger partial charge < -0.3 is 15.9 Å². The van der Waals surface area contributed by atoms with Gasteiger partial charge in [-0.3, -0.25) is 0 Å². The molecule has 0 amide bonds. The zero-order valence-electron chi connectivity index (χ0n) is 9.52. The summed E-state index contributed by atoms with van der Waals surface area (Å²) in [6.45, 7) is 3.80. The fourth-order valence-electron chi connectivity index (χ4n) is 1.57. The average Bonchev–Trinajstić information content (AvgIpc) is 2.29. The summed E-state index contributed by atoms with van der Waals surface area (Å²) in [5.74, 6) is -0.562. The number of hydrogen-bond acceptors (Lipinski definition) is 3. The van der Waals surface area contributed by atoms with E-state index in [2.05, 4.69) is 0 Å². The quantitative estimate of drug-likeness (QED) is 0.736. The summed E-state index contributed by atoms with van der Waals surface area (Å²) in [4.78, 5) is 0. The van der Waals surface area contributed by atoms with Gasteiger partial charge in [-0.25, -0.2) is 4.39 Å². The molecule has 0 saturated carbocycles. The van der Waals surface area contributed by atoms with Gasteiger partial charge in [-0.05, 0) is 24.1 Å². The summed E-state index contributed by atoms with van der Waals surface area (Å²) in [7, 11) is 0. The van der Waals surface area contributed by atoms with Gasteiger partial charge in [-0.1, -0.05) is 20.3 Å². The van der Waals surface area contributed by atoms with Crippen LogP contribution >= 0.6 is 0 Å². The Bertz CT molecular complexity index is 357. The molecule has 1 unspecified atom stereocenters. The Hall–Kier alpha value is -1.13. The number of phenolic OH excluding ortho intramolecular Hbond substituents is 1. The number of nitrogens with two attached hydrogens (primary N) is 1. The summed E-state index contributed by atoms with van der Waals surface area (Å²) in [6, 6.07) is 2.78. The maximum atomic E-state index is 13.0. The van der Waals surface area contributed by atoms with Crippen molar-refractivity contribution in [3.63, 3.8) is 0 Å². The molecule has 0 saturated heterocycles. The molecule has 3 nitrogen and oxygen atoms in total. The van der Waals surface area contributed by atoms with Gasteiger partial charge >= 0.3 is 0 Å². The first-order valence-corrected chi connectivity index (χ1v) is 5.39. The Morgan fingerprint density at radius 2 is 2.06 bits per heavy atom. The van der Waals surface area contributed by atoms with E-state index in [9.17, 15) is 14.6 Å². The van der Waals surface area contributed by atoms with E-state index in [1.807, 2.05) is 13.8 Å². The summed E-state index contributed by atoms with van der Waals surface area (Å²) in [6.07, 6.45) is -0.0250. The first-order chi connectivity index (χ1) is 7.47. The van der Waals surface area contributed by atoms with Gasteiger partial charge in [0.15, 0.2) is 0 Å². The molecule has 3 atom stereocenters. The maximum Gasteiger partial charge on any atom is 0.123 e. The van der Waals surface area contributed by atoms with Gasteiger partial charge in [0.2, 0.25) is 0 Å². The topological polar surface area (TPSA) is 66.5 Å². The molecular weight excluding hydrogens is 209 g/mol. The largest absolute Gasteiger partial charge is 0.508 e. The molecule has 90 valence electrons. The van der Waals surface area contributed by atoms with E-state index in [4.69, 9.17) is 5.73 Å². The Labute approximate surface area is 94.7 Å². The number of halogens is 1. The fourth-order valence-corrected chi connectivity index (χ4v) is 1.57. The zero-order valence-corrected chi connectivity index (χ0v) is 9.52. The molecule has 4 heteroatoms. The van der Waals surface area contributed by atoms with Crippen molar-refractivity contribution in [2.75, 3.05) is 0 Å². The number of rotatable bonds is 4. The molecule has 0 bridgehead atoms. The van der Waals surface area contributed by atoms with Crippen LogP contribution in [-0.4, -0.2) is 16.3 Å². The van der Waals surface area contributed by atoms with Crippen molar-refractivity contribution in [2.24, 2.45) is 11.7 Å². The standard InChI is InChI=1S/C12H18FNO2/c1-3-7(2)12(16)11(14)9-6-8(13)4-5-10(9)15/h4-7,11-12,15-16H,3,14H2,1-2H3/t7?,11-,12+/m1/s1. The van der Waals surface area contributed by atoms with Crippen molar-refractivity contribution in [3.8, 4) is 5.75 Å². The van der Waals surface area contributed by atoms with Gasteiger partial charge in [-0.15, -0.1) is 0 Å². The number of aromatic hydroxyl groups is 1. The fraction of sp³-hybridized carbons (Fsp3) is 0.500. The first kappa shape index (κ1) is 12.9. The third-order valence-electron chi connectivity index (χ3n) is 2.94. The van der Waals surface area contributed by atoms with E-state index in [0.29, 0.717) is 0 Å². The van der Waals surface area contributed by atoms with E-state index in [1.165, 1.54) is 6.07 Å². The lowest BCUT2D eigenvalue weighted by atomic mass is 9.91. The van der Waals surface area contributed by atoms with Crippen LogP contribution < -0.4 is 5.73 Å². The molecule has 16 heavy (non-hydrogen) atoms. The highest BCUT2D eigenvalue weighted by atomic mass is 19.1. The second kappa shape index (κ2) is 5.27. The highest BCUT2D eigenvalue weighted by Crippen LogP contribution is 2.28. The molecule has 1 rings (SSSR count). The van der Waals surface area contributed by atoms with Crippen LogP contribution in [0.15, 0.2) is 18.2 Å². The molecule has 4 N–H and O–H groups in total. The normalized spacial score (nSPS) is 16.8. The van der Waals surface area contributed by atoms with Crippen molar-refractivity contribution in [1.82, 2.24) is 0 Å². The van der Waals surface area contributed by atoms with Crippen LogP contribution in [0.2, 0.25) is 0 Å². The monoisotopic (exact) mass is 227 g/mol. The van der Waals surface area contributed by atoms with Crippen LogP contribution in [0.5, 0.6) is 5.75 Å². The number of aliphatic hydroxyl groups is 1. The minimum atomic E-state index is -0.794. The summed E-state index contributed by atoms with van der Waals surface area (Å²) in [5.41, 5.74) is 6.05. The van der Waals surface area contributed by atoms with Crippen LogP contribution in [0, 0.1) is 11.7 Å². The lowest BCUT2D eigenvalue weighted by Gasteiger charge is -2.24. The van der Waals surface area contributed by atoms with Crippen LogP contribution in [0.3, 0.4) is 0 Å². The zero-order chi connectivity index (χ0) is 12.3. The van der Waals surface area contributed by atoms with Crippen molar-refractivity contribution < 1.29 is 14.6 Å². The third kappa shape index (κ3) is 2.71. The molecule has 1 aromatic carbocycles. The minimum absolute atomic E-state index is 0.00216. The van der Waals surface area contributed by atoms with Gasteiger partial charge in [0, 0.05) is 5.56 Å². The van der Waals surface area contributed by atoms with E-state index in [-0.39, 0.29) is 17.2 Å². The van der Waals surface area contributed by atoms with E-state index < -0.39 is 18.0 Å². The molecule has 0 aromatic heterocycles. The van der Waals surface area contributed by atoms with Gasteiger partial charge in [-0.2, -0.15) is 0 Å². The lowest BCUT2D eigenvalue weighted by Crippen LogP contribution is -2.31. The number of benzene rings is 1. The average molecular weight is 227 g/mol. The summed E-state index contributed by atoms with van der Waals surface area (Å²) >= 11 is 0. The highest BCUT2D eigenvalue weighted by Gasteiger charge is 2.24. The lowest BCUT2D eigenvalue weighted by molar-refractivity contribution is 0.0870. The summed E-state index contributed by atoms with van der Waals surface area (Å²) in [5, 5.41) is 19.4. The van der Waals surface area contributed by atoms with E-state index >= 15 is 0 Å². The number of aliphatic hydroxyl groups excluding tert-OH is 1. The Morgan fingerprint density at radius 3 is 2.62 bits per heavy atom. The van der Waals surface area contributed by atoms with Crippen molar-refractivity contribution in [2.45, 2.75) is 32.4 Å². The van der Waals surface area contributed by atoms with E-state index in [0.717, 1.165) is 18.6 Å². The van der Waals surface area contributed by atoms with Crippen molar-refractivity contribution in [1.29, 1.82) is 0 Å². The Kier molecular flexibility index (Phi) is 4.26. The van der Waals surface area contributed by atoms with Crippen molar-refractivity contribution in [3.05, 3.63) is 29.6 Å². The molecule has 0 heterocycles. The second-order valence-electron chi connectivity index (χ2n) is 4.11. The smallest absolute Gasteiger partial charge is 0.123 e. The Balaban J connectivity index is 2.95. The van der Waals surface area contributed by atoms with Crippen LogP contribution in [0.4, 0.5) is 4.39 Å². The third-order valence-corrected chi connectivity index (χ3v) is 2.94. The molecule has 0 aliphatic carbocycles. The molecule has 0 aliphatic heterocycles. The van der Waals surface area contributed by atoms with Crippen LogP contribution in [0.1, 0.15) is 31.9 Å². The number of phenols is 1. The maximum absolute atomic E-state index is 13.0. The molecule has 1 aromatic rings. The highest BCUT2D eigenvalue weighted by molar-refractivity contribution is 5.35. The Morgan fingerprint density at radius 1 is 1.44 bits per heavy atom. The predicted octanol–water partition coefficient (Wildman–Crippen LogP) is 1.94. The second-order valence-corrected chi connectivity index (χ2v) is 4.11. The van der Waals surface area contributed by atoms with Gasteiger partial charge in [0.1, 0.15) is 11.6 Å². The van der Waals surface area contributed by atoms with Crippen LogP contribution in [0.25, 0.3) is 0 Å². The summed E-state index contributed by atoms with van der Waals surface area (Å²) < 4.78 is 13.0.